The molecular formula is C9H7BrClN3OS2. The lowest BCUT2D eigenvalue weighted by Crippen LogP contribution is -2.25. The average molecular weight is 353 g/mol. The van der Waals surface area contributed by atoms with Crippen molar-refractivity contribution in [2.24, 2.45) is 0 Å². The summed E-state index contributed by atoms with van der Waals surface area (Å²) >= 11 is 11.7. The number of carbonyl (C=O) groups is 1. The largest absolute Gasteiger partial charge is 0.334 e. The van der Waals surface area contributed by atoms with Gasteiger partial charge >= 0.3 is 0 Å². The van der Waals surface area contributed by atoms with Gasteiger partial charge in [-0.05, 0) is 33.6 Å². The topological polar surface area (TPSA) is 46.1 Å². The molecule has 0 N–H and O–H groups in total. The molecule has 0 aliphatic rings. The van der Waals surface area contributed by atoms with E-state index in [2.05, 4.69) is 26.1 Å². The molecule has 0 aromatic carbocycles. The summed E-state index contributed by atoms with van der Waals surface area (Å²) in [6, 6.07) is 1.99. The zero-order valence-electron chi connectivity index (χ0n) is 8.68. The molecule has 0 radical (unpaired) electrons. The maximum absolute atomic E-state index is 11.9. The first-order chi connectivity index (χ1) is 8.06. The predicted octanol–water partition coefficient (Wildman–Crippen LogP) is 3.29. The Morgan fingerprint density at radius 1 is 1.59 bits per heavy atom. The number of hydrogen-bond donors (Lipinski definition) is 0. The minimum Gasteiger partial charge on any atom is -0.334 e. The molecule has 0 fully saturated rings. The maximum atomic E-state index is 11.9. The molecule has 8 heteroatoms. The summed E-state index contributed by atoms with van der Waals surface area (Å²) in [7, 11) is 1.73. The smallest absolute Gasteiger partial charge is 0.284 e. The van der Waals surface area contributed by atoms with Crippen LogP contribution in [0.15, 0.2) is 15.9 Å². The van der Waals surface area contributed by atoms with Crippen LogP contribution in [-0.4, -0.2) is 28.1 Å². The van der Waals surface area contributed by atoms with Crippen LogP contribution in [0.1, 0.15) is 14.7 Å². The molecule has 2 aromatic heterocycles. The lowest BCUT2D eigenvalue weighted by Gasteiger charge is -2.13. The zero-order chi connectivity index (χ0) is 12.4. The van der Waals surface area contributed by atoms with Gasteiger partial charge in [-0.1, -0.05) is 11.3 Å². The van der Waals surface area contributed by atoms with Gasteiger partial charge < -0.3 is 4.90 Å². The first-order valence-electron chi connectivity index (χ1n) is 4.53. The third-order valence-corrected chi connectivity index (χ3v) is 4.63. The monoisotopic (exact) mass is 351 g/mol. The summed E-state index contributed by atoms with van der Waals surface area (Å²) in [6.45, 7) is 0.548. The second-order valence-corrected chi connectivity index (χ2v) is 6.72. The maximum Gasteiger partial charge on any atom is 0.284 e. The second-order valence-electron chi connectivity index (χ2n) is 3.25. The third kappa shape index (κ3) is 3.25. The highest BCUT2D eigenvalue weighted by Gasteiger charge is 2.17. The number of nitrogens with zero attached hydrogens (tertiary/aromatic N) is 3. The van der Waals surface area contributed by atoms with Crippen molar-refractivity contribution in [3.05, 3.63) is 30.3 Å². The molecule has 0 spiro atoms. The van der Waals surface area contributed by atoms with Gasteiger partial charge in [0.25, 0.3) is 5.91 Å². The quantitative estimate of drug-likeness (QED) is 0.851. The lowest BCUT2D eigenvalue weighted by molar-refractivity contribution is 0.0785. The first-order valence-corrected chi connectivity index (χ1v) is 7.40. The minimum absolute atomic E-state index is 0.168. The van der Waals surface area contributed by atoms with Crippen LogP contribution in [0.25, 0.3) is 0 Å². The molecule has 4 nitrogen and oxygen atoms in total. The first kappa shape index (κ1) is 12.9. The number of amides is 1. The van der Waals surface area contributed by atoms with Gasteiger partial charge in [0.2, 0.25) is 9.47 Å². The molecule has 90 valence electrons. The number of halogens is 2. The molecule has 2 rings (SSSR count). The molecule has 17 heavy (non-hydrogen) atoms. The average Bonchev–Trinajstić information content (AvgIpc) is 2.87. The van der Waals surface area contributed by atoms with Gasteiger partial charge in [0, 0.05) is 21.8 Å². The third-order valence-electron chi connectivity index (χ3n) is 1.94. The van der Waals surface area contributed by atoms with Crippen LogP contribution in [0.5, 0.6) is 0 Å². The van der Waals surface area contributed by atoms with Crippen molar-refractivity contribution in [2.45, 2.75) is 6.54 Å². The van der Waals surface area contributed by atoms with Crippen LogP contribution in [-0.2, 0) is 6.54 Å². The summed E-state index contributed by atoms with van der Waals surface area (Å²) in [5.41, 5.74) is 0. The Morgan fingerprint density at radius 2 is 2.35 bits per heavy atom. The van der Waals surface area contributed by atoms with Crippen LogP contribution in [0.4, 0.5) is 0 Å². The summed E-state index contributed by atoms with van der Waals surface area (Å²) in [5.74, 6) is -0.168. The Morgan fingerprint density at radius 3 is 2.88 bits per heavy atom. The SMILES string of the molecule is CN(Cc1cc(Br)cs1)C(=O)c1nnc(Cl)s1. The van der Waals surface area contributed by atoms with E-state index in [9.17, 15) is 4.79 Å². The van der Waals surface area contributed by atoms with Crippen molar-refractivity contribution in [2.75, 3.05) is 7.05 Å². The Balaban J connectivity index is 2.05. The van der Waals surface area contributed by atoms with Gasteiger partial charge in [-0.25, -0.2) is 0 Å². The van der Waals surface area contributed by atoms with Gasteiger partial charge in [-0.15, -0.1) is 21.5 Å². The van der Waals surface area contributed by atoms with E-state index in [0.717, 1.165) is 20.7 Å². The molecule has 2 aromatic rings. The van der Waals surface area contributed by atoms with Crippen LogP contribution in [0.2, 0.25) is 4.47 Å². The van der Waals surface area contributed by atoms with Crippen LogP contribution < -0.4 is 0 Å². The summed E-state index contributed by atoms with van der Waals surface area (Å²) in [6.07, 6.45) is 0. The van der Waals surface area contributed by atoms with Crippen molar-refractivity contribution in [3.8, 4) is 0 Å². The second kappa shape index (κ2) is 5.43. The van der Waals surface area contributed by atoms with E-state index in [4.69, 9.17) is 11.6 Å². The van der Waals surface area contributed by atoms with E-state index in [1.54, 1.807) is 23.3 Å². The van der Waals surface area contributed by atoms with Crippen LogP contribution in [0.3, 0.4) is 0 Å². The highest BCUT2D eigenvalue weighted by Crippen LogP contribution is 2.22. The van der Waals surface area contributed by atoms with Crippen molar-refractivity contribution in [1.29, 1.82) is 0 Å². The molecule has 1 amide bonds. The molecule has 0 saturated carbocycles. The molecular weight excluding hydrogens is 346 g/mol. The fourth-order valence-electron chi connectivity index (χ4n) is 1.20. The molecule has 0 aliphatic heterocycles. The Hall–Kier alpha value is -0.500. The highest BCUT2D eigenvalue weighted by atomic mass is 79.9. The summed E-state index contributed by atoms with van der Waals surface area (Å²) in [4.78, 5) is 14.6. The molecule has 0 bridgehead atoms. The minimum atomic E-state index is -0.168. The molecule has 2 heterocycles. The van der Waals surface area contributed by atoms with Gasteiger partial charge in [0.15, 0.2) is 0 Å². The van der Waals surface area contributed by atoms with Crippen LogP contribution in [0, 0.1) is 0 Å². The number of aromatic nitrogens is 2. The molecule has 0 unspecified atom stereocenters. The van der Waals surface area contributed by atoms with Gasteiger partial charge in [0.1, 0.15) is 0 Å². The number of carbonyl (C=O) groups excluding carboxylic acids is 1. The highest BCUT2D eigenvalue weighted by molar-refractivity contribution is 9.10. The Kier molecular flexibility index (Phi) is 4.13. The number of thiophene rings is 1. The van der Waals surface area contributed by atoms with E-state index in [0.29, 0.717) is 11.6 Å². The summed E-state index contributed by atoms with van der Waals surface area (Å²) in [5, 5.41) is 9.63. The fraction of sp³-hybridized carbons (Fsp3) is 0.222. The van der Waals surface area contributed by atoms with Crippen LogP contribution >= 0.6 is 50.2 Å². The van der Waals surface area contributed by atoms with Crippen molar-refractivity contribution in [3.63, 3.8) is 0 Å². The Labute approximate surface area is 119 Å². The lowest BCUT2D eigenvalue weighted by atomic mass is 10.4. The summed E-state index contributed by atoms with van der Waals surface area (Å²) < 4.78 is 1.30. The van der Waals surface area contributed by atoms with Gasteiger partial charge in [-0.3, -0.25) is 4.79 Å². The molecule has 0 saturated heterocycles. The van der Waals surface area contributed by atoms with Gasteiger partial charge in [-0.2, -0.15) is 0 Å². The molecule has 0 atom stereocenters. The van der Waals surface area contributed by atoms with E-state index >= 15 is 0 Å². The number of rotatable bonds is 3. The van der Waals surface area contributed by atoms with Crippen molar-refractivity contribution < 1.29 is 4.79 Å². The Bertz CT molecular complexity index is 542. The number of hydrogen-bond acceptors (Lipinski definition) is 5. The normalized spacial score (nSPS) is 10.5. The van der Waals surface area contributed by atoms with Gasteiger partial charge in [0.05, 0.1) is 6.54 Å². The predicted molar refractivity (Wildman–Crippen MR) is 72.7 cm³/mol. The fourth-order valence-corrected chi connectivity index (χ4v) is 3.52. The van der Waals surface area contributed by atoms with E-state index in [-0.39, 0.29) is 10.4 Å². The standard InChI is InChI=1S/C9H7BrClN3OS2/c1-14(3-6-2-5(10)4-16-6)8(15)7-12-13-9(11)17-7/h2,4H,3H2,1H3. The van der Waals surface area contributed by atoms with E-state index < -0.39 is 0 Å². The molecule has 0 aliphatic carbocycles. The van der Waals surface area contributed by atoms with Crippen molar-refractivity contribution in [1.82, 2.24) is 15.1 Å². The van der Waals surface area contributed by atoms with E-state index in [1.807, 2.05) is 11.4 Å². The van der Waals surface area contributed by atoms with E-state index in [1.165, 1.54) is 0 Å². The zero-order valence-corrected chi connectivity index (χ0v) is 12.7. The van der Waals surface area contributed by atoms with Crippen molar-refractivity contribution >= 4 is 56.1 Å².